The number of nitrogens with two attached hydrogens (primary N) is 1. The highest BCUT2D eigenvalue weighted by Crippen LogP contribution is 2.28. The molecule has 2 aliphatic heterocycles. The summed E-state index contributed by atoms with van der Waals surface area (Å²) >= 11 is 0. The molecule has 5 aromatic rings. The first-order valence-electron chi connectivity index (χ1n) is 19.6. The van der Waals surface area contributed by atoms with Crippen LogP contribution in [-0.2, 0) is 22.7 Å². The van der Waals surface area contributed by atoms with E-state index in [-0.39, 0.29) is 55.0 Å². The van der Waals surface area contributed by atoms with Crippen LogP contribution >= 0.6 is 0 Å². The fourth-order valence-corrected chi connectivity index (χ4v) is 7.04. The highest BCUT2D eigenvalue weighted by molar-refractivity contribution is 5.97. The maximum absolute atomic E-state index is 13.9. The molecule has 2 saturated heterocycles. The molecule has 0 unspecified atom stereocenters. The molecule has 60 heavy (non-hydrogen) atoms. The lowest BCUT2D eigenvalue weighted by Crippen LogP contribution is -2.41. The van der Waals surface area contributed by atoms with Crippen molar-refractivity contribution in [1.82, 2.24) is 30.0 Å². The quantitative estimate of drug-likeness (QED) is 0.111. The topological polar surface area (TPSA) is 155 Å². The second-order valence-corrected chi connectivity index (χ2v) is 14.9. The molecule has 0 bridgehead atoms. The molecule has 2 amide bonds. The van der Waals surface area contributed by atoms with Gasteiger partial charge in [-0.05, 0) is 127 Å². The average Bonchev–Trinajstić information content (AvgIpc) is 3.76. The van der Waals surface area contributed by atoms with Crippen molar-refractivity contribution in [3.63, 3.8) is 0 Å². The summed E-state index contributed by atoms with van der Waals surface area (Å²) in [6.45, 7) is 3.65. The second kappa shape index (κ2) is 20.4. The zero-order valence-corrected chi connectivity index (χ0v) is 33.4. The van der Waals surface area contributed by atoms with E-state index in [0.29, 0.717) is 33.9 Å². The van der Waals surface area contributed by atoms with Crippen molar-refractivity contribution in [2.24, 2.45) is 17.6 Å². The molecule has 17 heteroatoms. The summed E-state index contributed by atoms with van der Waals surface area (Å²) < 4.78 is 57.9. The number of pyridine rings is 2. The Morgan fingerprint density at radius 2 is 1.23 bits per heavy atom. The number of alkyl halides is 2. The summed E-state index contributed by atoms with van der Waals surface area (Å²) in [4.78, 5) is 54.4. The van der Waals surface area contributed by atoms with Gasteiger partial charge in [0.2, 0.25) is 17.7 Å². The lowest BCUT2D eigenvalue weighted by molar-refractivity contribution is -0.124. The number of carbonyl (C=O) groups excluding carboxylic acids is 3. The van der Waals surface area contributed by atoms with Crippen molar-refractivity contribution < 1.29 is 36.4 Å². The van der Waals surface area contributed by atoms with Gasteiger partial charge in [-0.15, -0.1) is 10.2 Å². The van der Waals surface area contributed by atoms with Gasteiger partial charge in [-0.2, -0.15) is 8.78 Å². The molecular weight excluding hydrogens is 783 g/mol. The first kappa shape index (κ1) is 43.7. The van der Waals surface area contributed by atoms with E-state index in [4.69, 9.17) is 10.2 Å². The third kappa shape index (κ3) is 11.4. The van der Waals surface area contributed by atoms with Gasteiger partial charge in [-0.1, -0.05) is 12.1 Å². The molecule has 3 aromatic heterocycles. The Kier molecular flexibility index (Phi) is 14.8. The van der Waals surface area contributed by atoms with Crippen molar-refractivity contribution >= 4 is 29.0 Å². The van der Waals surface area contributed by atoms with E-state index in [1.807, 2.05) is 14.1 Å². The van der Waals surface area contributed by atoms with Crippen LogP contribution in [0, 0.1) is 23.5 Å². The zero-order chi connectivity index (χ0) is 42.8. The normalized spacial score (nSPS) is 15.3. The second-order valence-electron chi connectivity index (χ2n) is 14.9. The first-order chi connectivity index (χ1) is 28.9. The Bertz CT molecular complexity index is 2210. The van der Waals surface area contributed by atoms with Crippen LogP contribution in [0.25, 0.3) is 11.5 Å². The fraction of sp³-hybridized carbons (Fsp3) is 0.372. The van der Waals surface area contributed by atoms with E-state index in [2.05, 4.69) is 30.0 Å². The lowest BCUT2D eigenvalue weighted by atomic mass is 9.95. The number of anilines is 2. The van der Waals surface area contributed by atoms with Crippen molar-refractivity contribution in [2.75, 3.05) is 56.6 Å². The Hall–Kier alpha value is -5.91. The van der Waals surface area contributed by atoms with Crippen molar-refractivity contribution in [1.29, 1.82) is 0 Å². The largest absolute Gasteiger partial charge is 0.415 e. The van der Waals surface area contributed by atoms with E-state index in [1.165, 1.54) is 36.7 Å². The summed E-state index contributed by atoms with van der Waals surface area (Å²) in [6, 6.07) is 18.5. The average molecular weight is 830 g/mol. The number of rotatable bonds is 12. The first-order valence-corrected chi connectivity index (χ1v) is 19.6. The fourth-order valence-electron chi connectivity index (χ4n) is 7.04. The third-order valence-corrected chi connectivity index (χ3v) is 10.6. The standard InChI is InChI=1S/C22H22F3N5O2.C21H25FN4O2/c1-29-9-7-14(8-10-29)22(31)30(18-4-2-3-16(23)11-18)13-17-6-5-15(12-26-17)20-27-28-21(32-20)19(24)25;1-25-9-7-15(8-10-25)21(28)26(19-4-2-3-17(22)11-19)14-18-6-5-16(13-24-18)20(27)12-23/h2-6,11-12,14,19H,7-10,13H2,1H3;2-6,11,13,15H,7-10,12,14,23H2,1H3. The molecule has 13 nitrogen and oxygen atoms in total. The SMILES string of the molecule is CN1CCC(C(=O)N(Cc2ccc(-c3nnc(C(F)F)o3)cn2)c2cccc(F)c2)CC1.CN1CCC(C(=O)N(Cc2ccc(C(=O)CN)cn2)c2cccc(F)c2)CC1. The van der Waals surface area contributed by atoms with Crippen LogP contribution < -0.4 is 15.5 Å². The molecular formula is C43H47F4N9O4. The van der Waals surface area contributed by atoms with Crippen LogP contribution in [0.4, 0.5) is 28.9 Å². The van der Waals surface area contributed by atoms with E-state index in [1.54, 1.807) is 58.3 Å². The molecule has 316 valence electrons. The van der Waals surface area contributed by atoms with Gasteiger partial charge >= 0.3 is 6.43 Å². The van der Waals surface area contributed by atoms with Gasteiger partial charge in [0.05, 0.1) is 36.6 Å². The van der Waals surface area contributed by atoms with Crippen LogP contribution in [0.1, 0.15) is 59.7 Å². The number of nitrogens with zero attached hydrogens (tertiary/aromatic N) is 8. The molecule has 0 atom stereocenters. The monoisotopic (exact) mass is 829 g/mol. The minimum atomic E-state index is -2.85. The minimum Gasteiger partial charge on any atom is -0.415 e. The van der Waals surface area contributed by atoms with Crippen molar-refractivity contribution in [2.45, 2.75) is 45.2 Å². The molecule has 2 N–H and O–H groups in total. The number of amides is 2. The van der Waals surface area contributed by atoms with E-state index in [0.717, 1.165) is 51.9 Å². The van der Waals surface area contributed by atoms with E-state index < -0.39 is 24.0 Å². The number of aromatic nitrogens is 4. The van der Waals surface area contributed by atoms with Gasteiger partial charge in [0.15, 0.2) is 5.78 Å². The number of halogens is 4. The smallest absolute Gasteiger partial charge is 0.314 e. The molecule has 2 aliphatic rings. The number of hydrogen-bond acceptors (Lipinski definition) is 11. The summed E-state index contributed by atoms with van der Waals surface area (Å²) in [6.07, 6.45) is 3.05. The minimum absolute atomic E-state index is 0.0254. The third-order valence-electron chi connectivity index (χ3n) is 10.6. The van der Waals surface area contributed by atoms with Gasteiger partial charge in [-0.25, -0.2) is 8.78 Å². The predicted molar refractivity (Wildman–Crippen MR) is 216 cm³/mol. The number of Topliss-reactive ketones (excluding diaryl/α,β-unsaturated/α-hetero) is 1. The van der Waals surface area contributed by atoms with Crippen molar-refractivity contribution in [3.05, 3.63) is 120 Å². The number of likely N-dealkylation sites (tertiary alicyclic amines) is 2. The summed E-state index contributed by atoms with van der Waals surface area (Å²) in [5, 5.41) is 6.91. The summed E-state index contributed by atoms with van der Waals surface area (Å²) in [7, 11) is 4.06. The molecule has 0 aliphatic carbocycles. The maximum atomic E-state index is 13.9. The predicted octanol–water partition coefficient (Wildman–Crippen LogP) is 6.32. The zero-order valence-electron chi connectivity index (χ0n) is 33.4. The summed E-state index contributed by atoms with van der Waals surface area (Å²) in [5.74, 6) is -2.20. The highest BCUT2D eigenvalue weighted by atomic mass is 19.3. The van der Waals surface area contributed by atoms with Crippen LogP contribution in [0.3, 0.4) is 0 Å². The number of benzene rings is 2. The maximum Gasteiger partial charge on any atom is 0.314 e. The number of carbonyl (C=O) groups is 3. The van der Waals surface area contributed by atoms with Crippen LogP contribution in [0.2, 0.25) is 0 Å². The van der Waals surface area contributed by atoms with Gasteiger partial charge in [0.25, 0.3) is 5.89 Å². The number of piperidine rings is 2. The molecule has 2 fully saturated rings. The van der Waals surface area contributed by atoms with Gasteiger partial charge < -0.3 is 29.8 Å². The number of ketones is 1. The van der Waals surface area contributed by atoms with Gasteiger partial charge in [0, 0.05) is 41.2 Å². The summed E-state index contributed by atoms with van der Waals surface area (Å²) in [5.41, 5.74) is 8.33. The van der Waals surface area contributed by atoms with E-state index >= 15 is 0 Å². The molecule has 0 radical (unpaired) electrons. The molecule has 2 aromatic carbocycles. The van der Waals surface area contributed by atoms with E-state index in [9.17, 15) is 31.9 Å². The Morgan fingerprint density at radius 3 is 1.63 bits per heavy atom. The highest BCUT2D eigenvalue weighted by Gasteiger charge is 2.30. The molecule has 5 heterocycles. The van der Waals surface area contributed by atoms with Crippen LogP contribution in [-0.4, -0.2) is 94.4 Å². The Balaban J connectivity index is 0.000000203. The van der Waals surface area contributed by atoms with Crippen LogP contribution in [0.5, 0.6) is 0 Å². The molecule has 0 spiro atoms. The van der Waals surface area contributed by atoms with Crippen LogP contribution in [0.15, 0.2) is 89.6 Å². The molecule has 7 rings (SSSR count). The van der Waals surface area contributed by atoms with Crippen molar-refractivity contribution in [3.8, 4) is 11.5 Å². The Labute approximate surface area is 345 Å². The molecule has 0 saturated carbocycles. The lowest BCUT2D eigenvalue weighted by Gasteiger charge is -2.32. The number of hydrogen-bond donors (Lipinski definition) is 1. The van der Waals surface area contributed by atoms with Gasteiger partial charge in [0.1, 0.15) is 11.6 Å². The Morgan fingerprint density at radius 1 is 0.733 bits per heavy atom. The van der Waals surface area contributed by atoms with Gasteiger partial charge in [-0.3, -0.25) is 24.4 Å².